The van der Waals surface area contributed by atoms with E-state index in [1.165, 1.54) is 5.56 Å². The molecule has 290 valence electrons. The number of para-hydroxylation sites is 4. The maximum Gasteiger partial charge on any atom is 0.164 e. The van der Waals surface area contributed by atoms with Crippen molar-refractivity contribution in [2.24, 2.45) is 0 Å². The van der Waals surface area contributed by atoms with Crippen molar-refractivity contribution in [1.82, 2.24) is 15.0 Å². The third kappa shape index (κ3) is 6.23. The van der Waals surface area contributed by atoms with E-state index in [-0.39, 0.29) is 0 Å². The normalized spacial score (nSPS) is 11.5. The van der Waals surface area contributed by atoms with Gasteiger partial charge in [0.15, 0.2) is 17.5 Å². The van der Waals surface area contributed by atoms with Gasteiger partial charge in [-0.2, -0.15) is 0 Å². The summed E-state index contributed by atoms with van der Waals surface area (Å²) in [5.74, 6) is 1.73. The summed E-state index contributed by atoms with van der Waals surface area (Å²) in [5, 5.41) is 4.28. The van der Waals surface area contributed by atoms with Crippen LogP contribution in [-0.2, 0) is 0 Å². The van der Waals surface area contributed by atoms with E-state index in [0.717, 1.165) is 99.5 Å². The first-order valence-corrected chi connectivity index (χ1v) is 20.7. The SMILES string of the molecule is c1ccc(-c2cccc(-c3cccc(-c4nc(-c5ccccc5)nc(-c5cc(-c6cccc7c6oc6ccccc67)cc(-c6cccc7c6oc6ccccc67)c5)n4)c3)c2)cc1. The summed E-state index contributed by atoms with van der Waals surface area (Å²) in [6.07, 6.45) is 0. The smallest absolute Gasteiger partial charge is 0.164 e. The molecule has 62 heavy (non-hydrogen) atoms. The zero-order chi connectivity index (χ0) is 41.0. The first-order valence-electron chi connectivity index (χ1n) is 20.7. The molecule has 0 aliphatic carbocycles. The van der Waals surface area contributed by atoms with E-state index in [1.807, 2.05) is 60.7 Å². The summed E-state index contributed by atoms with van der Waals surface area (Å²) >= 11 is 0. The van der Waals surface area contributed by atoms with E-state index in [0.29, 0.717) is 17.5 Å². The molecule has 0 saturated heterocycles. The number of fused-ring (bicyclic) bond motifs is 6. The van der Waals surface area contributed by atoms with Gasteiger partial charge in [0.25, 0.3) is 0 Å². The van der Waals surface area contributed by atoms with Crippen molar-refractivity contribution in [3.8, 4) is 78.7 Å². The van der Waals surface area contributed by atoms with Gasteiger partial charge in [0.05, 0.1) is 0 Å². The third-order valence-electron chi connectivity index (χ3n) is 11.7. The van der Waals surface area contributed by atoms with Crippen molar-refractivity contribution in [2.45, 2.75) is 0 Å². The van der Waals surface area contributed by atoms with Crippen molar-refractivity contribution >= 4 is 43.9 Å². The van der Waals surface area contributed by atoms with Crippen LogP contribution in [0.2, 0.25) is 0 Å². The van der Waals surface area contributed by atoms with Crippen LogP contribution in [0.4, 0.5) is 0 Å². The van der Waals surface area contributed by atoms with E-state index in [9.17, 15) is 0 Å². The molecule has 9 aromatic carbocycles. The molecule has 0 aliphatic heterocycles. The Morgan fingerprint density at radius 2 is 0.597 bits per heavy atom. The van der Waals surface area contributed by atoms with Gasteiger partial charge in [0, 0.05) is 49.4 Å². The molecule has 12 aromatic rings. The van der Waals surface area contributed by atoms with Crippen LogP contribution in [0.3, 0.4) is 0 Å². The van der Waals surface area contributed by atoms with E-state index in [1.54, 1.807) is 0 Å². The molecule has 3 heterocycles. The van der Waals surface area contributed by atoms with Gasteiger partial charge in [-0.1, -0.05) is 170 Å². The first-order chi connectivity index (χ1) is 30.7. The number of rotatable bonds is 7. The van der Waals surface area contributed by atoms with Gasteiger partial charge >= 0.3 is 0 Å². The van der Waals surface area contributed by atoms with Gasteiger partial charge in [0.1, 0.15) is 22.3 Å². The summed E-state index contributed by atoms with van der Waals surface area (Å²) in [5.41, 5.74) is 14.4. The Labute approximate surface area is 357 Å². The van der Waals surface area contributed by atoms with Gasteiger partial charge in [-0.25, -0.2) is 15.0 Å². The summed E-state index contributed by atoms with van der Waals surface area (Å²) in [6, 6.07) is 73.4. The molecule has 0 spiro atoms. The Morgan fingerprint density at radius 3 is 1.16 bits per heavy atom. The molecule has 0 amide bonds. The molecule has 0 saturated carbocycles. The predicted octanol–water partition coefficient (Wildman–Crippen LogP) is 15.3. The Hall–Kier alpha value is -8.41. The second-order valence-electron chi connectivity index (χ2n) is 15.6. The van der Waals surface area contributed by atoms with Gasteiger partial charge in [-0.3, -0.25) is 0 Å². The number of hydrogen-bond donors (Lipinski definition) is 0. The lowest BCUT2D eigenvalue weighted by atomic mass is 9.94. The second-order valence-corrected chi connectivity index (χ2v) is 15.6. The van der Waals surface area contributed by atoms with Crippen molar-refractivity contribution in [3.63, 3.8) is 0 Å². The molecule has 0 atom stereocenters. The van der Waals surface area contributed by atoms with Crippen molar-refractivity contribution < 1.29 is 8.83 Å². The highest BCUT2D eigenvalue weighted by atomic mass is 16.3. The van der Waals surface area contributed by atoms with Crippen LogP contribution in [0.25, 0.3) is 123 Å². The monoisotopic (exact) mass is 793 g/mol. The molecule has 0 bridgehead atoms. The zero-order valence-corrected chi connectivity index (χ0v) is 33.4. The maximum atomic E-state index is 6.61. The standard InChI is InChI=1S/C57H35N3O2/c1-3-15-36(16-4-1)38-19-11-20-39(31-38)40-21-12-22-41(32-40)56-58-55(37-17-5-2-6-18-37)59-57(60-56)44-34-42(45-25-13-27-49-47-23-7-9-29-51(47)61-53(45)49)33-43(35-44)46-26-14-28-50-48-24-8-10-30-52(48)62-54(46)50/h1-35H. The number of hydrogen-bond acceptors (Lipinski definition) is 5. The van der Waals surface area contributed by atoms with Crippen LogP contribution in [0.15, 0.2) is 221 Å². The molecule has 5 nitrogen and oxygen atoms in total. The predicted molar refractivity (Wildman–Crippen MR) is 252 cm³/mol. The van der Waals surface area contributed by atoms with E-state index in [4.69, 9.17) is 23.8 Å². The summed E-state index contributed by atoms with van der Waals surface area (Å²) < 4.78 is 13.2. The molecule has 3 aromatic heterocycles. The minimum absolute atomic E-state index is 0.557. The van der Waals surface area contributed by atoms with Crippen LogP contribution >= 0.6 is 0 Å². The quantitative estimate of drug-likeness (QED) is 0.161. The number of benzene rings is 9. The zero-order valence-electron chi connectivity index (χ0n) is 33.4. The average molecular weight is 794 g/mol. The minimum Gasteiger partial charge on any atom is -0.455 e. The number of nitrogens with zero attached hydrogens (tertiary/aromatic N) is 3. The maximum absolute atomic E-state index is 6.61. The van der Waals surface area contributed by atoms with Crippen LogP contribution in [-0.4, -0.2) is 15.0 Å². The summed E-state index contributed by atoms with van der Waals surface area (Å²) in [6.45, 7) is 0. The number of furan rings is 2. The molecule has 0 fully saturated rings. The van der Waals surface area contributed by atoms with Gasteiger partial charge < -0.3 is 8.83 Å². The fourth-order valence-electron chi connectivity index (χ4n) is 8.71. The van der Waals surface area contributed by atoms with Crippen molar-refractivity contribution in [3.05, 3.63) is 212 Å². The van der Waals surface area contributed by atoms with E-state index >= 15 is 0 Å². The highest BCUT2D eigenvalue weighted by Crippen LogP contribution is 2.42. The minimum atomic E-state index is 0.557. The van der Waals surface area contributed by atoms with Crippen LogP contribution < -0.4 is 0 Å². The lowest BCUT2D eigenvalue weighted by Gasteiger charge is -2.13. The molecule has 0 radical (unpaired) electrons. The number of aromatic nitrogens is 3. The van der Waals surface area contributed by atoms with Gasteiger partial charge in [-0.05, 0) is 75.8 Å². The Morgan fingerprint density at radius 1 is 0.242 bits per heavy atom. The Bertz CT molecular complexity index is 3510. The lowest BCUT2D eigenvalue weighted by molar-refractivity contribution is 0.670. The van der Waals surface area contributed by atoms with Gasteiger partial charge in [0.2, 0.25) is 0 Å². The third-order valence-corrected chi connectivity index (χ3v) is 11.7. The summed E-state index contributed by atoms with van der Waals surface area (Å²) in [7, 11) is 0. The fraction of sp³-hybridized carbons (Fsp3) is 0. The lowest BCUT2D eigenvalue weighted by Crippen LogP contribution is -2.01. The molecular formula is C57H35N3O2. The van der Waals surface area contributed by atoms with Crippen LogP contribution in [0.1, 0.15) is 0 Å². The van der Waals surface area contributed by atoms with Crippen LogP contribution in [0, 0.1) is 0 Å². The molecular weight excluding hydrogens is 759 g/mol. The van der Waals surface area contributed by atoms with Gasteiger partial charge in [-0.15, -0.1) is 0 Å². The van der Waals surface area contributed by atoms with E-state index in [2.05, 4.69) is 152 Å². The molecule has 0 N–H and O–H groups in total. The molecule has 0 aliphatic rings. The topological polar surface area (TPSA) is 65.0 Å². The molecule has 0 unspecified atom stereocenters. The summed E-state index contributed by atoms with van der Waals surface area (Å²) in [4.78, 5) is 15.7. The Balaban J connectivity index is 1.07. The average Bonchev–Trinajstić information content (AvgIpc) is 3.93. The van der Waals surface area contributed by atoms with Crippen molar-refractivity contribution in [1.29, 1.82) is 0 Å². The highest BCUT2D eigenvalue weighted by Gasteiger charge is 2.20. The first kappa shape index (κ1) is 35.5. The largest absolute Gasteiger partial charge is 0.455 e. The highest BCUT2D eigenvalue weighted by molar-refractivity contribution is 6.11. The van der Waals surface area contributed by atoms with Crippen LogP contribution in [0.5, 0.6) is 0 Å². The second kappa shape index (κ2) is 14.7. The van der Waals surface area contributed by atoms with Crippen molar-refractivity contribution in [2.75, 3.05) is 0 Å². The molecule has 5 heteroatoms. The Kier molecular flexibility index (Phi) is 8.42. The molecule has 12 rings (SSSR count). The van der Waals surface area contributed by atoms with E-state index < -0.39 is 0 Å². The fourth-order valence-corrected chi connectivity index (χ4v) is 8.71.